The second-order valence-electron chi connectivity index (χ2n) is 15.7. The molecule has 5 heteroatoms. The highest BCUT2D eigenvalue weighted by Crippen LogP contribution is 2.46. The Hall–Kier alpha value is -8.28. The van der Waals surface area contributed by atoms with E-state index in [1.54, 1.807) is 0 Å². The van der Waals surface area contributed by atoms with E-state index < -0.39 is 0 Å². The maximum absolute atomic E-state index is 6.88. The molecule has 0 radical (unpaired) electrons. The molecule has 4 heterocycles. The van der Waals surface area contributed by atoms with E-state index in [0.29, 0.717) is 5.95 Å². The number of para-hydroxylation sites is 3. The van der Waals surface area contributed by atoms with Gasteiger partial charge in [0.1, 0.15) is 11.2 Å². The van der Waals surface area contributed by atoms with E-state index >= 15 is 0 Å². The van der Waals surface area contributed by atoms with Crippen LogP contribution in [0, 0.1) is 0 Å². The van der Waals surface area contributed by atoms with Gasteiger partial charge in [-0.1, -0.05) is 152 Å². The first-order valence-corrected chi connectivity index (χ1v) is 20.7. The molecule has 0 unspecified atom stereocenters. The first kappa shape index (κ1) is 33.7. The fourth-order valence-corrected chi connectivity index (χ4v) is 9.59. The third kappa shape index (κ3) is 5.08. The first-order valence-electron chi connectivity index (χ1n) is 20.7. The minimum Gasteiger partial charge on any atom is -0.455 e. The van der Waals surface area contributed by atoms with Gasteiger partial charge in [-0.3, -0.25) is 4.57 Å². The van der Waals surface area contributed by atoms with Crippen molar-refractivity contribution >= 4 is 76.5 Å². The molecule has 13 aromatic rings. The lowest BCUT2D eigenvalue weighted by Gasteiger charge is -2.12. The molecule has 0 aliphatic carbocycles. The van der Waals surface area contributed by atoms with Gasteiger partial charge in [0.25, 0.3) is 0 Å². The quantitative estimate of drug-likeness (QED) is 0.175. The van der Waals surface area contributed by atoms with Crippen LogP contribution in [0.25, 0.3) is 122 Å². The largest absolute Gasteiger partial charge is 0.455 e. The molecule has 0 bridgehead atoms. The molecule has 0 atom stereocenters. The maximum Gasteiger partial charge on any atom is 0.235 e. The molecule has 0 aliphatic rings. The highest BCUT2D eigenvalue weighted by atomic mass is 16.3. The zero-order valence-electron chi connectivity index (χ0n) is 32.8. The van der Waals surface area contributed by atoms with Gasteiger partial charge >= 0.3 is 0 Å². The van der Waals surface area contributed by atoms with Crippen LogP contribution in [0.4, 0.5) is 0 Å². The molecule has 284 valence electrons. The molecular formula is C56H34N4O. The lowest BCUT2D eigenvalue weighted by molar-refractivity contribution is 0.673. The summed E-state index contributed by atoms with van der Waals surface area (Å²) in [5, 5.41) is 7.66. The van der Waals surface area contributed by atoms with Crippen LogP contribution in [-0.2, 0) is 0 Å². The van der Waals surface area contributed by atoms with E-state index in [0.717, 1.165) is 93.6 Å². The fourth-order valence-electron chi connectivity index (χ4n) is 9.59. The Morgan fingerprint density at radius 3 is 1.61 bits per heavy atom. The van der Waals surface area contributed by atoms with Crippen molar-refractivity contribution in [3.63, 3.8) is 0 Å². The standard InChI is InChI=1S/C56H34N4O/c1-3-13-35(14-4-1)37-23-25-39(26-24-37)54-43-18-7-10-20-45(43)57-56(58-54)60-48-34-33-47-51(52(48)53-49(60)32-31-42-41-17-9-12-22-50(41)61-55(42)53)44-19-8-11-21-46(44)59(47)40-29-27-38(28-30-40)36-15-5-2-6-16-36/h1-34H. The Morgan fingerprint density at radius 1 is 0.328 bits per heavy atom. The van der Waals surface area contributed by atoms with Crippen molar-refractivity contribution in [1.82, 2.24) is 19.1 Å². The van der Waals surface area contributed by atoms with Crippen molar-refractivity contribution in [2.45, 2.75) is 0 Å². The normalized spacial score (nSPS) is 11.9. The summed E-state index contributed by atoms with van der Waals surface area (Å²) in [5.41, 5.74) is 14.6. The van der Waals surface area contributed by atoms with Crippen LogP contribution in [-0.4, -0.2) is 19.1 Å². The summed E-state index contributed by atoms with van der Waals surface area (Å²) in [6.07, 6.45) is 0. The van der Waals surface area contributed by atoms with Gasteiger partial charge in [0, 0.05) is 43.6 Å². The van der Waals surface area contributed by atoms with E-state index in [9.17, 15) is 0 Å². The summed E-state index contributed by atoms with van der Waals surface area (Å²) in [6.45, 7) is 0. The number of aromatic nitrogens is 4. The molecule has 0 fully saturated rings. The molecule has 13 rings (SSSR count). The number of benzene rings is 9. The first-order chi connectivity index (χ1) is 30.3. The minimum atomic E-state index is 0.607. The third-order valence-electron chi connectivity index (χ3n) is 12.4. The lowest BCUT2D eigenvalue weighted by atomic mass is 10.0. The van der Waals surface area contributed by atoms with Crippen molar-refractivity contribution in [3.05, 3.63) is 206 Å². The van der Waals surface area contributed by atoms with Gasteiger partial charge in [0.15, 0.2) is 0 Å². The highest BCUT2D eigenvalue weighted by molar-refractivity contribution is 6.34. The second-order valence-corrected chi connectivity index (χ2v) is 15.7. The Kier molecular flexibility index (Phi) is 7.24. The van der Waals surface area contributed by atoms with Crippen LogP contribution in [0.5, 0.6) is 0 Å². The number of fused-ring (bicyclic) bond motifs is 12. The third-order valence-corrected chi connectivity index (χ3v) is 12.4. The van der Waals surface area contributed by atoms with E-state index in [1.165, 1.54) is 22.1 Å². The van der Waals surface area contributed by atoms with E-state index in [-0.39, 0.29) is 0 Å². The Bertz CT molecular complexity index is 3840. The lowest BCUT2D eigenvalue weighted by Crippen LogP contribution is -2.03. The van der Waals surface area contributed by atoms with Gasteiger partial charge in [0.05, 0.1) is 38.7 Å². The van der Waals surface area contributed by atoms with Crippen LogP contribution >= 0.6 is 0 Å². The molecule has 0 aliphatic heterocycles. The predicted molar refractivity (Wildman–Crippen MR) is 252 cm³/mol. The Labute approximate surface area is 350 Å². The molecule has 0 saturated heterocycles. The zero-order valence-corrected chi connectivity index (χ0v) is 32.8. The van der Waals surface area contributed by atoms with Crippen molar-refractivity contribution < 1.29 is 4.42 Å². The molecule has 0 saturated carbocycles. The summed E-state index contributed by atoms with van der Waals surface area (Å²) >= 11 is 0. The summed E-state index contributed by atoms with van der Waals surface area (Å²) in [5.74, 6) is 0.607. The number of hydrogen-bond acceptors (Lipinski definition) is 3. The second kappa shape index (κ2) is 13.1. The number of furan rings is 1. The van der Waals surface area contributed by atoms with Crippen molar-refractivity contribution in [1.29, 1.82) is 0 Å². The van der Waals surface area contributed by atoms with Gasteiger partial charge < -0.3 is 8.98 Å². The average molecular weight is 779 g/mol. The SMILES string of the molecule is c1ccc(-c2ccc(-c3nc(-n4c5ccc6c7ccccc7oc6c5c5c6c7ccccc7n(-c7ccc(-c8ccccc8)cc7)c6ccc54)nc4ccccc34)cc2)cc1. The smallest absolute Gasteiger partial charge is 0.235 e. The number of rotatable bonds is 5. The number of nitrogens with zero attached hydrogens (tertiary/aromatic N) is 4. The molecule has 5 nitrogen and oxygen atoms in total. The summed E-state index contributed by atoms with van der Waals surface area (Å²) in [6, 6.07) is 73.0. The minimum absolute atomic E-state index is 0.607. The van der Waals surface area contributed by atoms with Gasteiger partial charge in [-0.2, -0.15) is 0 Å². The molecule has 9 aromatic carbocycles. The van der Waals surface area contributed by atoms with Gasteiger partial charge in [-0.25, -0.2) is 9.97 Å². The van der Waals surface area contributed by atoms with Gasteiger partial charge in [-0.05, 0) is 76.9 Å². The highest BCUT2D eigenvalue weighted by Gasteiger charge is 2.25. The molecule has 4 aromatic heterocycles. The van der Waals surface area contributed by atoms with Crippen molar-refractivity contribution in [3.8, 4) is 45.1 Å². The van der Waals surface area contributed by atoms with E-state index in [1.807, 2.05) is 12.1 Å². The fraction of sp³-hybridized carbons (Fsp3) is 0. The summed E-state index contributed by atoms with van der Waals surface area (Å²) in [4.78, 5) is 10.8. The van der Waals surface area contributed by atoms with E-state index in [2.05, 4.69) is 203 Å². The monoisotopic (exact) mass is 778 g/mol. The average Bonchev–Trinajstić information content (AvgIpc) is 4.00. The van der Waals surface area contributed by atoms with Crippen LogP contribution in [0.1, 0.15) is 0 Å². The summed E-state index contributed by atoms with van der Waals surface area (Å²) < 4.78 is 11.5. The van der Waals surface area contributed by atoms with Crippen LogP contribution in [0.15, 0.2) is 211 Å². The Balaban J connectivity index is 1.11. The van der Waals surface area contributed by atoms with Crippen LogP contribution in [0.2, 0.25) is 0 Å². The predicted octanol–water partition coefficient (Wildman–Crippen LogP) is 14.7. The van der Waals surface area contributed by atoms with Crippen LogP contribution < -0.4 is 0 Å². The zero-order chi connectivity index (χ0) is 40.0. The molecule has 0 N–H and O–H groups in total. The molecule has 61 heavy (non-hydrogen) atoms. The van der Waals surface area contributed by atoms with Gasteiger partial charge in [0.2, 0.25) is 5.95 Å². The van der Waals surface area contributed by atoms with Crippen molar-refractivity contribution in [2.75, 3.05) is 0 Å². The van der Waals surface area contributed by atoms with Crippen molar-refractivity contribution in [2.24, 2.45) is 0 Å². The number of hydrogen-bond donors (Lipinski definition) is 0. The van der Waals surface area contributed by atoms with Gasteiger partial charge in [-0.15, -0.1) is 0 Å². The molecule has 0 spiro atoms. The summed E-state index contributed by atoms with van der Waals surface area (Å²) in [7, 11) is 0. The molecule has 0 amide bonds. The Morgan fingerprint density at radius 2 is 0.869 bits per heavy atom. The van der Waals surface area contributed by atoms with Crippen LogP contribution in [0.3, 0.4) is 0 Å². The van der Waals surface area contributed by atoms with E-state index in [4.69, 9.17) is 14.4 Å². The maximum atomic E-state index is 6.88. The topological polar surface area (TPSA) is 48.8 Å². The molecular weight excluding hydrogens is 745 g/mol.